The predicted octanol–water partition coefficient (Wildman–Crippen LogP) is 1.57. The quantitative estimate of drug-likeness (QED) is 0.828. The molecule has 1 aliphatic rings. The molecular weight excluding hydrogens is 254 g/mol. The molecule has 1 saturated heterocycles. The van der Waals surface area contributed by atoms with E-state index < -0.39 is 0 Å². The van der Waals surface area contributed by atoms with Gasteiger partial charge in [-0.15, -0.1) is 0 Å². The van der Waals surface area contributed by atoms with Gasteiger partial charge < -0.3 is 15.4 Å². The Morgan fingerprint density at radius 2 is 2.50 bits per heavy atom. The molecule has 2 heterocycles. The smallest absolute Gasteiger partial charge is 0.257 e. The van der Waals surface area contributed by atoms with Gasteiger partial charge in [0, 0.05) is 13.1 Å². The standard InChI is InChI=1S/C12H16ClN3O2/c1-2-9-7-16(3-4-18-9)12(17)10-5-8(14)6-15-11(10)13/h5-6,9H,2-4,7,14H2,1H3. The van der Waals surface area contributed by atoms with E-state index in [1.165, 1.54) is 6.20 Å². The Labute approximate surface area is 111 Å². The molecule has 1 amide bonds. The summed E-state index contributed by atoms with van der Waals surface area (Å²) in [7, 11) is 0. The molecule has 2 rings (SSSR count). The van der Waals surface area contributed by atoms with Crippen molar-refractivity contribution in [3.63, 3.8) is 0 Å². The number of nitrogen functional groups attached to an aromatic ring is 1. The van der Waals surface area contributed by atoms with Gasteiger partial charge in [-0.1, -0.05) is 18.5 Å². The average Bonchev–Trinajstić information content (AvgIpc) is 2.41. The van der Waals surface area contributed by atoms with Crippen LogP contribution in [0.2, 0.25) is 5.15 Å². The Bertz CT molecular complexity index is 453. The summed E-state index contributed by atoms with van der Waals surface area (Å²) in [6.07, 6.45) is 2.41. The molecule has 0 spiro atoms. The number of rotatable bonds is 2. The minimum absolute atomic E-state index is 0.0930. The Morgan fingerprint density at radius 3 is 3.22 bits per heavy atom. The van der Waals surface area contributed by atoms with Crippen molar-refractivity contribution in [2.45, 2.75) is 19.4 Å². The highest BCUT2D eigenvalue weighted by molar-refractivity contribution is 6.32. The second-order valence-corrected chi connectivity index (χ2v) is 4.62. The van der Waals surface area contributed by atoms with Crippen LogP contribution in [-0.2, 0) is 4.74 Å². The van der Waals surface area contributed by atoms with Gasteiger partial charge in [-0.2, -0.15) is 0 Å². The summed E-state index contributed by atoms with van der Waals surface area (Å²) in [6, 6.07) is 1.56. The van der Waals surface area contributed by atoms with Crippen molar-refractivity contribution in [2.24, 2.45) is 0 Å². The molecule has 6 heteroatoms. The molecule has 5 nitrogen and oxygen atoms in total. The van der Waals surface area contributed by atoms with Crippen LogP contribution in [0, 0.1) is 0 Å². The fourth-order valence-electron chi connectivity index (χ4n) is 1.94. The van der Waals surface area contributed by atoms with E-state index in [9.17, 15) is 4.79 Å². The highest BCUT2D eigenvalue weighted by Gasteiger charge is 2.25. The van der Waals surface area contributed by atoms with Gasteiger partial charge in [0.1, 0.15) is 5.15 Å². The number of nitrogens with two attached hydrogens (primary N) is 1. The molecule has 0 aliphatic carbocycles. The highest BCUT2D eigenvalue weighted by atomic mass is 35.5. The minimum Gasteiger partial charge on any atom is -0.397 e. The first kappa shape index (κ1) is 13.1. The maximum Gasteiger partial charge on any atom is 0.257 e. The molecule has 0 aromatic carbocycles. The molecule has 1 aromatic heterocycles. The zero-order valence-electron chi connectivity index (χ0n) is 10.2. The third kappa shape index (κ3) is 2.73. The summed E-state index contributed by atoms with van der Waals surface area (Å²) in [5, 5.41) is 0.189. The van der Waals surface area contributed by atoms with E-state index in [0.717, 1.165) is 6.42 Å². The van der Waals surface area contributed by atoms with Crippen molar-refractivity contribution in [1.82, 2.24) is 9.88 Å². The number of carbonyl (C=O) groups excluding carboxylic acids is 1. The lowest BCUT2D eigenvalue weighted by Crippen LogP contribution is -2.45. The lowest BCUT2D eigenvalue weighted by Gasteiger charge is -2.32. The van der Waals surface area contributed by atoms with Crippen molar-refractivity contribution in [3.05, 3.63) is 23.0 Å². The van der Waals surface area contributed by atoms with E-state index in [4.69, 9.17) is 22.1 Å². The van der Waals surface area contributed by atoms with Gasteiger partial charge in [0.05, 0.1) is 30.2 Å². The van der Waals surface area contributed by atoms with Gasteiger partial charge in [0.15, 0.2) is 0 Å². The van der Waals surface area contributed by atoms with Crippen LogP contribution >= 0.6 is 11.6 Å². The summed E-state index contributed by atoms with van der Waals surface area (Å²) in [5.74, 6) is -0.137. The molecule has 98 valence electrons. The molecule has 1 aromatic rings. The molecule has 18 heavy (non-hydrogen) atoms. The van der Waals surface area contributed by atoms with Crippen molar-refractivity contribution < 1.29 is 9.53 Å². The third-order valence-electron chi connectivity index (χ3n) is 2.97. The Kier molecular flexibility index (Phi) is 4.04. The van der Waals surface area contributed by atoms with Gasteiger partial charge in [-0.05, 0) is 12.5 Å². The van der Waals surface area contributed by atoms with E-state index in [1.807, 2.05) is 6.92 Å². The number of aromatic nitrogens is 1. The van der Waals surface area contributed by atoms with E-state index in [2.05, 4.69) is 4.98 Å². The predicted molar refractivity (Wildman–Crippen MR) is 69.6 cm³/mol. The topological polar surface area (TPSA) is 68.5 Å². The fourth-order valence-corrected chi connectivity index (χ4v) is 2.12. The second kappa shape index (κ2) is 5.54. The van der Waals surface area contributed by atoms with Crippen LogP contribution in [0.15, 0.2) is 12.3 Å². The van der Waals surface area contributed by atoms with Crippen LogP contribution in [0.5, 0.6) is 0 Å². The number of anilines is 1. The third-order valence-corrected chi connectivity index (χ3v) is 3.27. The van der Waals surface area contributed by atoms with E-state index >= 15 is 0 Å². The summed E-state index contributed by atoms with van der Waals surface area (Å²) >= 11 is 5.94. The number of nitrogens with zero attached hydrogens (tertiary/aromatic N) is 2. The van der Waals surface area contributed by atoms with Crippen molar-refractivity contribution in [2.75, 3.05) is 25.4 Å². The second-order valence-electron chi connectivity index (χ2n) is 4.26. The first-order valence-corrected chi connectivity index (χ1v) is 6.31. The normalized spacial score (nSPS) is 19.9. The number of hydrogen-bond donors (Lipinski definition) is 1. The van der Waals surface area contributed by atoms with Gasteiger partial charge in [0.25, 0.3) is 5.91 Å². The SMILES string of the molecule is CCC1CN(C(=O)c2cc(N)cnc2Cl)CCO1. The van der Waals surface area contributed by atoms with Gasteiger partial charge in [-0.3, -0.25) is 4.79 Å². The molecule has 0 radical (unpaired) electrons. The summed E-state index contributed by atoms with van der Waals surface area (Å²) in [4.78, 5) is 18.0. The molecule has 2 N–H and O–H groups in total. The lowest BCUT2D eigenvalue weighted by molar-refractivity contribution is -0.0226. The number of amides is 1. The maximum atomic E-state index is 12.3. The van der Waals surface area contributed by atoms with Crippen LogP contribution in [0.25, 0.3) is 0 Å². The Morgan fingerprint density at radius 1 is 1.72 bits per heavy atom. The van der Waals surface area contributed by atoms with Crippen LogP contribution in [0.1, 0.15) is 23.7 Å². The summed E-state index contributed by atoms with van der Waals surface area (Å²) in [5.41, 5.74) is 6.42. The van der Waals surface area contributed by atoms with E-state index in [1.54, 1.807) is 11.0 Å². The zero-order valence-corrected chi connectivity index (χ0v) is 11.0. The molecule has 1 fully saturated rings. The van der Waals surface area contributed by atoms with Gasteiger partial charge >= 0.3 is 0 Å². The van der Waals surface area contributed by atoms with Crippen LogP contribution in [0.4, 0.5) is 5.69 Å². The molecule has 0 saturated carbocycles. The molecular formula is C12H16ClN3O2. The zero-order chi connectivity index (χ0) is 13.1. The van der Waals surface area contributed by atoms with Gasteiger partial charge in [0.2, 0.25) is 0 Å². The number of hydrogen-bond acceptors (Lipinski definition) is 4. The van der Waals surface area contributed by atoms with Crippen molar-refractivity contribution in [1.29, 1.82) is 0 Å². The van der Waals surface area contributed by atoms with E-state index in [0.29, 0.717) is 30.9 Å². The van der Waals surface area contributed by atoms with Crippen molar-refractivity contribution >= 4 is 23.2 Å². The van der Waals surface area contributed by atoms with Crippen LogP contribution < -0.4 is 5.73 Å². The number of ether oxygens (including phenoxy) is 1. The average molecular weight is 270 g/mol. The monoisotopic (exact) mass is 269 g/mol. The molecule has 0 bridgehead atoms. The Hall–Kier alpha value is -1.33. The first-order valence-electron chi connectivity index (χ1n) is 5.93. The number of carbonyl (C=O) groups is 1. The minimum atomic E-state index is -0.137. The Balaban J connectivity index is 2.17. The first-order chi connectivity index (χ1) is 8.61. The van der Waals surface area contributed by atoms with Crippen molar-refractivity contribution in [3.8, 4) is 0 Å². The van der Waals surface area contributed by atoms with Gasteiger partial charge in [-0.25, -0.2) is 4.98 Å². The summed E-state index contributed by atoms with van der Waals surface area (Å²) in [6.45, 7) is 3.74. The number of pyridine rings is 1. The fraction of sp³-hybridized carbons (Fsp3) is 0.500. The lowest BCUT2D eigenvalue weighted by atomic mass is 10.2. The van der Waals surface area contributed by atoms with Crippen LogP contribution in [-0.4, -0.2) is 41.6 Å². The molecule has 1 atom stereocenters. The largest absolute Gasteiger partial charge is 0.397 e. The molecule has 1 unspecified atom stereocenters. The molecule has 1 aliphatic heterocycles. The van der Waals surface area contributed by atoms with E-state index in [-0.39, 0.29) is 17.2 Å². The van der Waals surface area contributed by atoms with Crippen LogP contribution in [0.3, 0.4) is 0 Å². The summed E-state index contributed by atoms with van der Waals surface area (Å²) < 4.78 is 5.53. The number of morpholine rings is 1. The number of halogens is 1. The maximum absolute atomic E-state index is 12.3. The highest BCUT2D eigenvalue weighted by Crippen LogP contribution is 2.19.